The molecular weight excluding hydrogens is 218 g/mol. The highest BCUT2D eigenvalue weighted by atomic mass is 14.9. The summed E-state index contributed by atoms with van der Waals surface area (Å²) >= 11 is 0. The highest BCUT2D eigenvalue weighted by Crippen LogP contribution is 2.27. The Morgan fingerprint density at radius 3 is 2.33 bits per heavy atom. The maximum Gasteiger partial charge on any atom is 0.00983 e. The van der Waals surface area contributed by atoms with E-state index >= 15 is 0 Å². The van der Waals surface area contributed by atoms with Crippen molar-refractivity contribution in [2.45, 2.75) is 84.1 Å². The lowest BCUT2D eigenvalue weighted by Crippen LogP contribution is -2.37. The first-order valence-corrected chi connectivity index (χ1v) is 8.11. The maximum atomic E-state index is 4.06. The standard InChI is InChI=1S/C17H33N/c1-4-14-18-17(13-12-15(2)3)16-10-8-6-5-7-9-11-16/h16-18H,2,4-14H2,1,3H3. The van der Waals surface area contributed by atoms with Crippen LogP contribution in [-0.4, -0.2) is 12.6 Å². The molecule has 1 aliphatic carbocycles. The molecule has 0 heterocycles. The van der Waals surface area contributed by atoms with Gasteiger partial charge in [0, 0.05) is 6.04 Å². The minimum absolute atomic E-state index is 0.736. The molecule has 0 aromatic heterocycles. The molecule has 0 bridgehead atoms. The summed E-state index contributed by atoms with van der Waals surface area (Å²) in [5.41, 5.74) is 1.34. The van der Waals surface area contributed by atoms with Crippen LogP contribution in [0.3, 0.4) is 0 Å². The monoisotopic (exact) mass is 251 g/mol. The van der Waals surface area contributed by atoms with Crippen molar-refractivity contribution in [1.82, 2.24) is 5.32 Å². The van der Waals surface area contributed by atoms with Crippen LogP contribution >= 0.6 is 0 Å². The summed E-state index contributed by atoms with van der Waals surface area (Å²) < 4.78 is 0. The summed E-state index contributed by atoms with van der Waals surface area (Å²) in [6, 6.07) is 0.736. The van der Waals surface area contributed by atoms with Gasteiger partial charge in [0.25, 0.3) is 0 Å². The van der Waals surface area contributed by atoms with Gasteiger partial charge in [-0.1, -0.05) is 44.6 Å². The molecule has 0 amide bonds. The molecule has 0 saturated heterocycles. The van der Waals surface area contributed by atoms with Crippen LogP contribution in [0.5, 0.6) is 0 Å². The van der Waals surface area contributed by atoms with Gasteiger partial charge in [-0.2, -0.15) is 0 Å². The zero-order chi connectivity index (χ0) is 13.2. The van der Waals surface area contributed by atoms with Crippen LogP contribution in [0.15, 0.2) is 12.2 Å². The van der Waals surface area contributed by atoms with Crippen molar-refractivity contribution >= 4 is 0 Å². The van der Waals surface area contributed by atoms with Crippen LogP contribution in [0.2, 0.25) is 0 Å². The summed E-state index contributed by atoms with van der Waals surface area (Å²) in [7, 11) is 0. The van der Waals surface area contributed by atoms with Crippen LogP contribution in [0, 0.1) is 5.92 Å². The second-order valence-electron chi connectivity index (χ2n) is 6.16. The third-order valence-corrected chi connectivity index (χ3v) is 4.26. The van der Waals surface area contributed by atoms with Crippen molar-refractivity contribution in [3.05, 3.63) is 12.2 Å². The van der Waals surface area contributed by atoms with E-state index in [0.717, 1.165) is 12.0 Å². The summed E-state index contributed by atoms with van der Waals surface area (Å²) in [4.78, 5) is 0. The first-order valence-electron chi connectivity index (χ1n) is 8.11. The molecule has 1 nitrogen and oxygen atoms in total. The Kier molecular flexibility index (Phi) is 8.41. The fourth-order valence-electron chi connectivity index (χ4n) is 3.13. The van der Waals surface area contributed by atoms with E-state index in [-0.39, 0.29) is 0 Å². The molecule has 0 aromatic rings. The van der Waals surface area contributed by atoms with E-state index in [9.17, 15) is 0 Å². The van der Waals surface area contributed by atoms with E-state index in [2.05, 4.69) is 25.7 Å². The van der Waals surface area contributed by atoms with Gasteiger partial charge in [0.15, 0.2) is 0 Å². The predicted octanol–water partition coefficient (Wildman–Crippen LogP) is 5.07. The highest BCUT2D eigenvalue weighted by molar-refractivity contribution is 4.90. The Morgan fingerprint density at radius 2 is 1.78 bits per heavy atom. The molecule has 106 valence electrons. The van der Waals surface area contributed by atoms with Gasteiger partial charge >= 0.3 is 0 Å². The molecule has 1 atom stereocenters. The molecule has 1 fully saturated rings. The Bertz CT molecular complexity index is 214. The zero-order valence-corrected chi connectivity index (χ0v) is 12.6. The lowest BCUT2D eigenvalue weighted by Gasteiger charge is -2.30. The number of rotatable bonds is 7. The molecule has 1 heteroatoms. The molecule has 1 aliphatic rings. The number of hydrogen-bond acceptors (Lipinski definition) is 1. The van der Waals surface area contributed by atoms with E-state index in [1.165, 1.54) is 76.3 Å². The molecule has 0 aromatic carbocycles. The fourth-order valence-corrected chi connectivity index (χ4v) is 3.13. The average Bonchev–Trinajstić information content (AvgIpc) is 2.30. The topological polar surface area (TPSA) is 12.0 Å². The van der Waals surface area contributed by atoms with Gasteiger partial charge in [-0.3, -0.25) is 0 Å². The normalized spacial score (nSPS) is 20.1. The van der Waals surface area contributed by atoms with Gasteiger partial charge in [0.1, 0.15) is 0 Å². The molecule has 0 aliphatic heterocycles. The third kappa shape index (κ3) is 6.58. The number of hydrogen-bond donors (Lipinski definition) is 1. The minimum Gasteiger partial charge on any atom is -0.314 e. The van der Waals surface area contributed by atoms with Crippen molar-refractivity contribution in [2.24, 2.45) is 5.92 Å². The smallest absolute Gasteiger partial charge is 0.00983 e. The van der Waals surface area contributed by atoms with Gasteiger partial charge in [-0.05, 0) is 51.5 Å². The maximum absolute atomic E-state index is 4.06. The summed E-state index contributed by atoms with van der Waals surface area (Å²) in [6.07, 6.45) is 13.9. The summed E-state index contributed by atoms with van der Waals surface area (Å²) in [5, 5.41) is 3.80. The molecule has 18 heavy (non-hydrogen) atoms. The van der Waals surface area contributed by atoms with Crippen molar-refractivity contribution in [1.29, 1.82) is 0 Å². The second kappa shape index (κ2) is 9.61. The molecule has 1 saturated carbocycles. The fraction of sp³-hybridized carbons (Fsp3) is 0.882. The van der Waals surface area contributed by atoms with Crippen molar-refractivity contribution in [3.63, 3.8) is 0 Å². The lowest BCUT2D eigenvalue weighted by molar-refractivity contribution is 0.273. The van der Waals surface area contributed by atoms with Crippen LogP contribution in [-0.2, 0) is 0 Å². The SMILES string of the molecule is C=C(C)CCC(NCCC)C1CCCCCCC1. The lowest BCUT2D eigenvalue weighted by atomic mass is 9.83. The predicted molar refractivity (Wildman–Crippen MR) is 81.9 cm³/mol. The van der Waals surface area contributed by atoms with E-state index in [0.29, 0.717) is 0 Å². The summed E-state index contributed by atoms with van der Waals surface area (Å²) in [6.45, 7) is 9.66. The highest BCUT2D eigenvalue weighted by Gasteiger charge is 2.21. The molecule has 1 N–H and O–H groups in total. The molecule has 1 rings (SSSR count). The largest absolute Gasteiger partial charge is 0.314 e. The first-order chi connectivity index (χ1) is 8.74. The Balaban J connectivity index is 2.45. The minimum atomic E-state index is 0.736. The average molecular weight is 251 g/mol. The first kappa shape index (κ1) is 15.8. The van der Waals surface area contributed by atoms with Crippen LogP contribution in [0.1, 0.15) is 78.1 Å². The van der Waals surface area contributed by atoms with Gasteiger partial charge in [0.2, 0.25) is 0 Å². The number of allylic oxidation sites excluding steroid dienone is 1. The van der Waals surface area contributed by atoms with Crippen molar-refractivity contribution < 1.29 is 0 Å². The number of nitrogens with one attached hydrogen (secondary N) is 1. The van der Waals surface area contributed by atoms with Crippen molar-refractivity contribution in [3.8, 4) is 0 Å². The Hall–Kier alpha value is -0.300. The molecular formula is C17H33N. The second-order valence-corrected chi connectivity index (χ2v) is 6.16. The molecule has 0 spiro atoms. The molecule has 1 unspecified atom stereocenters. The van der Waals surface area contributed by atoms with Crippen LogP contribution in [0.4, 0.5) is 0 Å². The van der Waals surface area contributed by atoms with Crippen molar-refractivity contribution in [2.75, 3.05) is 6.54 Å². The van der Waals surface area contributed by atoms with E-state index in [1.54, 1.807) is 0 Å². The van der Waals surface area contributed by atoms with E-state index < -0.39 is 0 Å². The Labute approximate surface area is 114 Å². The summed E-state index contributed by atoms with van der Waals surface area (Å²) in [5.74, 6) is 0.913. The van der Waals surface area contributed by atoms with Gasteiger partial charge in [0.05, 0.1) is 0 Å². The van der Waals surface area contributed by atoms with Crippen LogP contribution < -0.4 is 5.32 Å². The van der Waals surface area contributed by atoms with E-state index in [4.69, 9.17) is 0 Å². The van der Waals surface area contributed by atoms with Gasteiger partial charge < -0.3 is 5.32 Å². The van der Waals surface area contributed by atoms with E-state index in [1.807, 2.05) is 0 Å². The van der Waals surface area contributed by atoms with Gasteiger partial charge in [-0.25, -0.2) is 0 Å². The quantitative estimate of drug-likeness (QED) is 0.623. The van der Waals surface area contributed by atoms with Crippen LogP contribution in [0.25, 0.3) is 0 Å². The molecule has 0 radical (unpaired) electrons. The Morgan fingerprint density at radius 1 is 1.17 bits per heavy atom. The zero-order valence-electron chi connectivity index (χ0n) is 12.6. The third-order valence-electron chi connectivity index (χ3n) is 4.26. The van der Waals surface area contributed by atoms with Gasteiger partial charge in [-0.15, -0.1) is 6.58 Å².